The molecule has 0 aromatic carbocycles. The predicted molar refractivity (Wildman–Crippen MR) is 127 cm³/mol. The minimum Gasteiger partial charge on any atom is -0.378 e. The van der Waals surface area contributed by atoms with Crippen LogP contribution in [0.4, 0.5) is 0 Å². The molecule has 0 radical (unpaired) electrons. The lowest BCUT2D eigenvalue weighted by Gasteiger charge is -2.30. The van der Waals surface area contributed by atoms with Crippen molar-refractivity contribution in [3.8, 4) is 0 Å². The van der Waals surface area contributed by atoms with Crippen molar-refractivity contribution in [3.05, 3.63) is 0 Å². The van der Waals surface area contributed by atoms with Crippen LogP contribution in [-0.2, 0) is 23.9 Å². The maximum absolute atomic E-state index is 13.0. The van der Waals surface area contributed by atoms with Crippen LogP contribution < -0.4 is 5.32 Å². The van der Waals surface area contributed by atoms with Gasteiger partial charge in [-0.1, -0.05) is 39.5 Å². The Morgan fingerprint density at radius 2 is 1.77 bits per heavy atom. The SMILES string of the molecule is C.C[C@@H]1OCC(=O)[C@@H]1NC(=O)[C@@H](CC(=O)N1CCOCC1)CC1CCCCC1.S.S. The molecule has 0 aromatic rings. The van der Waals surface area contributed by atoms with Gasteiger partial charge < -0.3 is 19.7 Å². The summed E-state index contributed by atoms with van der Waals surface area (Å²) in [6.07, 6.45) is 6.51. The average Bonchev–Trinajstić information content (AvgIpc) is 3.01. The van der Waals surface area contributed by atoms with Crippen molar-refractivity contribution in [2.75, 3.05) is 32.9 Å². The van der Waals surface area contributed by atoms with Crippen molar-refractivity contribution in [1.82, 2.24) is 10.2 Å². The first-order valence-electron chi connectivity index (χ1n) is 10.3. The summed E-state index contributed by atoms with van der Waals surface area (Å²) < 4.78 is 10.6. The lowest BCUT2D eigenvalue weighted by atomic mass is 9.81. The molecule has 3 atom stereocenters. The molecule has 1 saturated carbocycles. The molecule has 0 aromatic heterocycles. The van der Waals surface area contributed by atoms with Gasteiger partial charge in [0.05, 0.1) is 19.3 Å². The first kappa shape index (κ1) is 29.2. The summed E-state index contributed by atoms with van der Waals surface area (Å²) >= 11 is 0. The van der Waals surface area contributed by atoms with Gasteiger partial charge in [-0.25, -0.2) is 0 Å². The topological polar surface area (TPSA) is 84.9 Å². The highest BCUT2D eigenvalue weighted by atomic mass is 32.1. The lowest BCUT2D eigenvalue weighted by Crippen LogP contribution is -2.48. The third-order valence-electron chi connectivity index (χ3n) is 6.10. The number of rotatable bonds is 6. The second-order valence-corrected chi connectivity index (χ2v) is 8.10. The van der Waals surface area contributed by atoms with E-state index in [1.807, 2.05) is 0 Å². The molecule has 7 nitrogen and oxygen atoms in total. The second kappa shape index (κ2) is 14.3. The Hall–Kier alpha value is -0.770. The molecule has 30 heavy (non-hydrogen) atoms. The summed E-state index contributed by atoms with van der Waals surface area (Å²) in [5, 5.41) is 2.87. The predicted octanol–water partition coefficient (Wildman–Crippen LogP) is 2.16. The molecule has 0 bridgehead atoms. The molecule has 9 heteroatoms. The van der Waals surface area contributed by atoms with Crippen molar-refractivity contribution in [2.24, 2.45) is 11.8 Å². The first-order chi connectivity index (χ1) is 13.0. The molecule has 2 aliphatic heterocycles. The third kappa shape index (κ3) is 8.05. The number of hydrogen-bond donors (Lipinski definition) is 1. The number of carbonyl (C=O) groups excluding carboxylic acids is 3. The monoisotopic (exact) mass is 464 g/mol. The fourth-order valence-corrected chi connectivity index (χ4v) is 4.39. The van der Waals surface area contributed by atoms with Crippen molar-refractivity contribution >= 4 is 44.6 Å². The van der Waals surface area contributed by atoms with E-state index < -0.39 is 6.04 Å². The summed E-state index contributed by atoms with van der Waals surface area (Å²) in [5.74, 6) is -0.162. The van der Waals surface area contributed by atoms with Crippen molar-refractivity contribution in [1.29, 1.82) is 0 Å². The standard InChI is InChI=1S/C20H32N2O5.CH4.2H2S/c1-14-19(17(23)13-27-14)21-20(25)16(11-15-5-3-2-4-6-15)12-18(24)22-7-9-26-10-8-22;;;/h14-16,19H,2-13H2,1H3,(H,21,25);1H4;2*1H2/t14-,16+,19+;;;/m0.../s1. The molecule has 1 aliphatic carbocycles. The van der Waals surface area contributed by atoms with Gasteiger partial charge in [0.15, 0.2) is 5.78 Å². The van der Waals surface area contributed by atoms with E-state index >= 15 is 0 Å². The summed E-state index contributed by atoms with van der Waals surface area (Å²) in [5.41, 5.74) is 0. The number of ketones is 1. The second-order valence-electron chi connectivity index (χ2n) is 8.10. The van der Waals surface area contributed by atoms with Crippen LogP contribution in [0, 0.1) is 11.8 Å². The Balaban J connectivity index is 0.00000280. The zero-order valence-corrected chi connectivity index (χ0v) is 19.3. The molecule has 0 unspecified atom stereocenters. The normalized spacial score (nSPS) is 25.4. The highest BCUT2D eigenvalue weighted by Crippen LogP contribution is 2.31. The number of nitrogens with one attached hydrogen (secondary N) is 1. The maximum Gasteiger partial charge on any atom is 0.224 e. The number of morpholine rings is 1. The highest BCUT2D eigenvalue weighted by Gasteiger charge is 2.36. The minimum absolute atomic E-state index is 0. The Morgan fingerprint density at radius 3 is 2.33 bits per heavy atom. The number of amides is 2. The van der Waals surface area contributed by atoms with E-state index in [-0.39, 0.29) is 77.1 Å². The van der Waals surface area contributed by atoms with E-state index in [0.717, 1.165) is 19.3 Å². The molecule has 0 spiro atoms. The third-order valence-corrected chi connectivity index (χ3v) is 6.10. The van der Waals surface area contributed by atoms with Gasteiger partial charge in [-0.3, -0.25) is 14.4 Å². The number of ether oxygens (including phenoxy) is 2. The van der Waals surface area contributed by atoms with Crippen LogP contribution in [0.5, 0.6) is 0 Å². The van der Waals surface area contributed by atoms with Crippen LogP contribution in [0.15, 0.2) is 0 Å². The zero-order valence-electron chi connectivity index (χ0n) is 17.3. The molecule has 2 saturated heterocycles. The Labute approximate surface area is 194 Å². The van der Waals surface area contributed by atoms with Gasteiger partial charge in [0.25, 0.3) is 0 Å². The van der Waals surface area contributed by atoms with E-state index in [1.54, 1.807) is 11.8 Å². The van der Waals surface area contributed by atoms with Crippen molar-refractivity contribution in [2.45, 2.75) is 71.4 Å². The molecule has 2 heterocycles. The van der Waals surface area contributed by atoms with E-state index in [9.17, 15) is 14.4 Å². The fraction of sp³-hybridized carbons (Fsp3) is 0.857. The van der Waals surface area contributed by atoms with Crippen LogP contribution in [-0.4, -0.2) is 67.6 Å². The van der Waals surface area contributed by atoms with E-state index in [4.69, 9.17) is 9.47 Å². The molecular formula is C21H40N2O5S2. The van der Waals surface area contributed by atoms with Gasteiger partial charge in [0.2, 0.25) is 11.8 Å². The van der Waals surface area contributed by atoms with Gasteiger partial charge in [-0.15, -0.1) is 0 Å². The summed E-state index contributed by atoms with van der Waals surface area (Å²) in [7, 11) is 0. The summed E-state index contributed by atoms with van der Waals surface area (Å²) in [4.78, 5) is 39.4. The van der Waals surface area contributed by atoms with E-state index in [1.165, 1.54) is 19.3 Å². The quantitative estimate of drug-likeness (QED) is 0.651. The van der Waals surface area contributed by atoms with Crippen LogP contribution in [0.3, 0.4) is 0 Å². The molecule has 2 amide bonds. The molecule has 3 fully saturated rings. The minimum atomic E-state index is -0.593. The van der Waals surface area contributed by atoms with Gasteiger partial charge in [-0.05, 0) is 19.3 Å². The number of Topliss-reactive ketones (excluding diaryl/α,β-unsaturated/α-hetero) is 1. The average molecular weight is 465 g/mol. The highest BCUT2D eigenvalue weighted by molar-refractivity contribution is 7.59. The van der Waals surface area contributed by atoms with Crippen molar-refractivity contribution < 1.29 is 23.9 Å². The molecule has 3 rings (SSSR count). The van der Waals surface area contributed by atoms with Gasteiger partial charge in [-0.2, -0.15) is 27.0 Å². The van der Waals surface area contributed by atoms with Crippen LogP contribution in [0.25, 0.3) is 0 Å². The maximum atomic E-state index is 13.0. The smallest absolute Gasteiger partial charge is 0.224 e. The van der Waals surface area contributed by atoms with E-state index in [2.05, 4.69) is 5.32 Å². The number of nitrogens with zero attached hydrogens (tertiary/aromatic N) is 1. The summed E-state index contributed by atoms with van der Waals surface area (Å²) in [6.45, 7) is 4.12. The zero-order chi connectivity index (χ0) is 19.2. The van der Waals surface area contributed by atoms with Crippen molar-refractivity contribution in [3.63, 3.8) is 0 Å². The number of carbonyl (C=O) groups is 3. The van der Waals surface area contributed by atoms with Crippen LogP contribution in [0.1, 0.15) is 59.3 Å². The Kier molecular flexibility index (Phi) is 14.0. The Morgan fingerprint density at radius 1 is 1.13 bits per heavy atom. The molecular weight excluding hydrogens is 424 g/mol. The fourth-order valence-electron chi connectivity index (χ4n) is 4.39. The molecule has 176 valence electrons. The lowest BCUT2D eigenvalue weighted by molar-refractivity contribution is -0.140. The van der Waals surface area contributed by atoms with Gasteiger partial charge >= 0.3 is 0 Å². The first-order valence-corrected chi connectivity index (χ1v) is 10.3. The van der Waals surface area contributed by atoms with Gasteiger partial charge in [0, 0.05) is 25.4 Å². The number of hydrogen-bond acceptors (Lipinski definition) is 5. The Bertz CT molecular complexity index is 552. The van der Waals surface area contributed by atoms with Gasteiger partial charge in [0.1, 0.15) is 12.6 Å². The van der Waals surface area contributed by atoms with E-state index in [0.29, 0.717) is 32.2 Å². The molecule has 3 aliphatic rings. The summed E-state index contributed by atoms with van der Waals surface area (Å²) in [6, 6.07) is -0.593. The molecule has 1 N–H and O–H groups in total. The largest absolute Gasteiger partial charge is 0.378 e. The van der Waals surface area contributed by atoms with Crippen LogP contribution >= 0.6 is 27.0 Å². The van der Waals surface area contributed by atoms with Crippen LogP contribution in [0.2, 0.25) is 0 Å².